The highest BCUT2D eigenvalue weighted by molar-refractivity contribution is 7.07. The fourth-order valence-electron chi connectivity index (χ4n) is 1.80. The number of thiazole rings is 1. The molecule has 3 heteroatoms. The molecule has 0 amide bonds. The van der Waals surface area contributed by atoms with Gasteiger partial charge in [-0.1, -0.05) is 40.0 Å². The predicted octanol–water partition coefficient (Wildman–Crippen LogP) is 3.84. The molecule has 0 radical (unpaired) electrons. The molecule has 0 aliphatic carbocycles. The summed E-state index contributed by atoms with van der Waals surface area (Å²) >= 11 is 1.66. The zero-order chi connectivity index (χ0) is 11.9. The van der Waals surface area contributed by atoms with E-state index in [-0.39, 0.29) is 0 Å². The van der Waals surface area contributed by atoms with Gasteiger partial charge in [0.1, 0.15) is 0 Å². The summed E-state index contributed by atoms with van der Waals surface area (Å²) in [6.45, 7) is 8.93. The van der Waals surface area contributed by atoms with Gasteiger partial charge in [0, 0.05) is 18.5 Å². The van der Waals surface area contributed by atoms with E-state index in [0.717, 1.165) is 18.8 Å². The number of hydrogen-bond donors (Lipinski definition) is 1. The van der Waals surface area contributed by atoms with Crippen LogP contribution in [0.15, 0.2) is 10.9 Å². The molecule has 0 spiro atoms. The lowest BCUT2D eigenvalue weighted by molar-refractivity contribution is 0.301. The third-order valence-electron chi connectivity index (χ3n) is 2.85. The lowest BCUT2D eigenvalue weighted by Gasteiger charge is -2.24. The smallest absolute Gasteiger partial charge is 0.0795 e. The topological polar surface area (TPSA) is 24.9 Å². The Morgan fingerprint density at radius 2 is 2.19 bits per heavy atom. The zero-order valence-electron chi connectivity index (χ0n) is 10.8. The highest BCUT2D eigenvalue weighted by Gasteiger charge is 2.16. The summed E-state index contributed by atoms with van der Waals surface area (Å²) in [5, 5.41) is 5.61. The van der Waals surface area contributed by atoms with Crippen molar-refractivity contribution in [3.8, 4) is 0 Å². The summed E-state index contributed by atoms with van der Waals surface area (Å²) in [5.74, 6) is 0. The van der Waals surface area contributed by atoms with Gasteiger partial charge < -0.3 is 5.32 Å². The highest BCUT2D eigenvalue weighted by Crippen LogP contribution is 2.22. The molecule has 0 aliphatic heterocycles. The molecule has 1 N–H and O–H groups in total. The van der Waals surface area contributed by atoms with Gasteiger partial charge in [-0.05, 0) is 11.8 Å². The van der Waals surface area contributed by atoms with Crippen LogP contribution in [0.3, 0.4) is 0 Å². The van der Waals surface area contributed by atoms with E-state index in [9.17, 15) is 0 Å². The SMILES string of the molecule is CCCCCC(C)(C)CNCc1cscn1. The normalized spacial score (nSPS) is 11.9. The summed E-state index contributed by atoms with van der Waals surface area (Å²) in [7, 11) is 0. The molecule has 0 fully saturated rings. The lowest BCUT2D eigenvalue weighted by Crippen LogP contribution is -2.29. The van der Waals surface area contributed by atoms with Crippen LogP contribution in [-0.4, -0.2) is 11.5 Å². The van der Waals surface area contributed by atoms with E-state index in [1.54, 1.807) is 11.3 Å². The van der Waals surface area contributed by atoms with Gasteiger partial charge in [-0.3, -0.25) is 0 Å². The van der Waals surface area contributed by atoms with E-state index in [1.165, 1.54) is 25.7 Å². The van der Waals surface area contributed by atoms with Crippen molar-refractivity contribution in [2.75, 3.05) is 6.54 Å². The van der Waals surface area contributed by atoms with Crippen molar-refractivity contribution in [2.45, 2.75) is 53.0 Å². The third-order valence-corrected chi connectivity index (χ3v) is 3.49. The van der Waals surface area contributed by atoms with Crippen molar-refractivity contribution in [3.63, 3.8) is 0 Å². The first-order valence-electron chi connectivity index (χ1n) is 6.22. The van der Waals surface area contributed by atoms with Crippen LogP contribution in [0.1, 0.15) is 52.1 Å². The maximum absolute atomic E-state index is 4.27. The first-order chi connectivity index (χ1) is 7.64. The fourth-order valence-corrected chi connectivity index (χ4v) is 2.35. The fraction of sp³-hybridized carbons (Fsp3) is 0.769. The van der Waals surface area contributed by atoms with Gasteiger partial charge in [0.15, 0.2) is 0 Å². The second kappa shape index (κ2) is 7.02. The Hall–Kier alpha value is -0.410. The molecular formula is C13H24N2S. The molecule has 0 atom stereocenters. The van der Waals surface area contributed by atoms with E-state index in [2.05, 4.69) is 36.5 Å². The van der Waals surface area contributed by atoms with Crippen LogP contribution < -0.4 is 5.32 Å². The van der Waals surface area contributed by atoms with E-state index >= 15 is 0 Å². The molecule has 0 aromatic carbocycles. The third kappa shape index (κ3) is 5.61. The van der Waals surface area contributed by atoms with Crippen molar-refractivity contribution in [1.82, 2.24) is 10.3 Å². The minimum atomic E-state index is 0.408. The summed E-state index contributed by atoms with van der Waals surface area (Å²) in [5.41, 5.74) is 3.46. The van der Waals surface area contributed by atoms with Crippen molar-refractivity contribution < 1.29 is 0 Å². The molecule has 0 saturated heterocycles. The average Bonchev–Trinajstić information content (AvgIpc) is 2.70. The summed E-state index contributed by atoms with van der Waals surface area (Å²) in [6, 6.07) is 0. The number of rotatable bonds is 8. The Morgan fingerprint density at radius 3 is 2.81 bits per heavy atom. The van der Waals surface area contributed by atoms with Crippen LogP contribution in [-0.2, 0) is 6.54 Å². The van der Waals surface area contributed by atoms with E-state index in [0.29, 0.717) is 5.41 Å². The molecule has 92 valence electrons. The first-order valence-corrected chi connectivity index (χ1v) is 7.16. The van der Waals surface area contributed by atoms with Crippen molar-refractivity contribution in [1.29, 1.82) is 0 Å². The van der Waals surface area contributed by atoms with Crippen LogP contribution in [0.5, 0.6) is 0 Å². The molecule has 2 nitrogen and oxygen atoms in total. The van der Waals surface area contributed by atoms with Crippen molar-refractivity contribution in [2.24, 2.45) is 5.41 Å². The Labute approximate surface area is 103 Å². The number of unbranched alkanes of at least 4 members (excludes halogenated alkanes) is 2. The van der Waals surface area contributed by atoms with Crippen molar-refractivity contribution in [3.05, 3.63) is 16.6 Å². The Morgan fingerprint density at radius 1 is 1.38 bits per heavy atom. The predicted molar refractivity (Wildman–Crippen MR) is 71.7 cm³/mol. The quantitative estimate of drug-likeness (QED) is 0.698. The van der Waals surface area contributed by atoms with E-state index in [4.69, 9.17) is 0 Å². The molecule has 1 heterocycles. The number of nitrogens with zero attached hydrogens (tertiary/aromatic N) is 1. The summed E-state index contributed by atoms with van der Waals surface area (Å²) in [4.78, 5) is 4.27. The lowest BCUT2D eigenvalue weighted by atomic mass is 9.87. The second-order valence-corrected chi connectivity index (χ2v) is 5.92. The monoisotopic (exact) mass is 240 g/mol. The average molecular weight is 240 g/mol. The van der Waals surface area contributed by atoms with Crippen LogP contribution in [0.25, 0.3) is 0 Å². The van der Waals surface area contributed by atoms with Gasteiger partial charge in [-0.2, -0.15) is 0 Å². The molecular weight excluding hydrogens is 216 g/mol. The number of aromatic nitrogens is 1. The van der Waals surface area contributed by atoms with Crippen molar-refractivity contribution >= 4 is 11.3 Å². The largest absolute Gasteiger partial charge is 0.311 e. The highest BCUT2D eigenvalue weighted by atomic mass is 32.1. The van der Waals surface area contributed by atoms with Gasteiger partial charge in [-0.15, -0.1) is 11.3 Å². The molecule has 16 heavy (non-hydrogen) atoms. The minimum absolute atomic E-state index is 0.408. The Balaban J connectivity index is 2.14. The summed E-state index contributed by atoms with van der Waals surface area (Å²) in [6.07, 6.45) is 5.32. The Kier molecular flexibility index (Phi) is 5.99. The van der Waals surface area contributed by atoms with Gasteiger partial charge in [0.05, 0.1) is 11.2 Å². The van der Waals surface area contributed by atoms with Crippen LogP contribution >= 0.6 is 11.3 Å². The maximum atomic E-state index is 4.27. The molecule has 1 rings (SSSR count). The van der Waals surface area contributed by atoms with Gasteiger partial charge in [-0.25, -0.2) is 4.98 Å². The van der Waals surface area contributed by atoms with Gasteiger partial charge in [0.25, 0.3) is 0 Å². The molecule has 1 aromatic rings. The van der Waals surface area contributed by atoms with E-state index in [1.807, 2.05) is 5.51 Å². The molecule has 0 aliphatic rings. The minimum Gasteiger partial charge on any atom is -0.311 e. The van der Waals surface area contributed by atoms with Crippen LogP contribution in [0.2, 0.25) is 0 Å². The molecule has 0 unspecified atom stereocenters. The van der Waals surface area contributed by atoms with Gasteiger partial charge in [0.2, 0.25) is 0 Å². The maximum Gasteiger partial charge on any atom is 0.0795 e. The summed E-state index contributed by atoms with van der Waals surface area (Å²) < 4.78 is 0. The molecule has 1 aromatic heterocycles. The zero-order valence-corrected chi connectivity index (χ0v) is 11.6. The molecule has 0 bridgehead atoms. The number of nitrogens with one attached hydrogen (secondary N) is 1. The number of hydrogen-bond acceptors (Lipinski definition) is 3. The Bertz CT molecular complexity index is 267. The van der Waals surface area contributed by atoms with E-state index < -0.39 is 0 Å². The standard InChI is InChI=1S/C13H24N2S/c1-4-5-6-7-13(2,3)10-14-8-12-9-16-11-15-12/h9,11,14H,4-8,10H2,1-3H3. The molecule has 0 saturated carbocycles. The first kappa shape index (κ1) is 13.7. The second-order valence-electron chi connectivity index (χ2n) is 5.20. The van der Waals surface area contributed by atoms with Gasteiger partial charge >= 0.3 is 0 Å². The van der Waals surface area contributed by atoms with Crippen LogP contribution in [0.4, 0.5) is 0 Å². The van der Waals surface area contributed by atoms with Crippen LogP contribution in [0, 0.1) is 5.41 Å².